The summed E-state index contributed by atoms with van der Waals surface area (Å²) in [6.07, 6.45) is 8.60. The summed E-state index contributed by atoms with van der Waals surface area (Å²) in [4.78, 5) is 12.1. The molecule has 1 heterocycles. The first kappa shape index (κ1) is 15.2. The molecular weight excluding hydrogens is 280 g/mol. The number of esters is 1. The summed E-state index contributed by atoms with van der Waals surface area (Å²) in [5.74, 6) is 1.99. The number of allylic oxidation sites excluding steroid dienone is 1. The maximum Gasteiger partial charge on any atom is 0.339 e. The molecule has 0 saturated heterocycles. The van der Waals surface area contributed by atoms with Crippen LogP contribution in [0.3, 0.4) is 0 Å². The van der Waals surface area contributed by atoms with Crippen molar-refractivity contribution in [3.8, 4) is 18.4 Å². The van der Waals surface area contributed by atoms with Gasteiger partial charge in [-0.15, -0.1) is 6.42 Å². The maximum atomic E-state index is 12.1. The Hall–Kier alpha value is -3.18. The zero-order chi connectivity index (χ0) is 16.1. The minimum Gasteiger partial charge on any atom is -0.464 e. The Balaban J connectivity index is 2.57. The van der Waals surface area contributed by atoms with Gasteiger partial charge in [-0.2, -0.15) is 5.26 Å². The molecule has 2 N–H and O–H groups in total. The van der Waals surface area contributed by atoms with Crippen molar-refractivity contribution in [2.24, 2.45) is 0 Å². The molecule has 0 atom stereocenters. The predicted octanol–water partition coefficient (Wildman–Crippen LogP) is 2.27. The van der Waals surface area contributed by atoms with Crippen molar-refractivity contribution in [1.29, 1.82) is 5.26 Å². The standard InChI is InChI=1S/C17H14N2O3/c1-3-8-22-17(20)13-5-4-9-21-16(13)14-11(2)6-7-12(10-18)15(14)19/h1,4,6-7,9H,5,8,19H2,2H3. The van der Waals surface area contributed by atoms with Crippen LogP contribution in [0.15, 0.2) is 30.0 Å². The van der Waals surface area contributed by atoms with Gasteiger partial charge in [-0.05, 0) is 24.6 Å². The molecule has 0 bridgehead atoms. The number of carbonyl (C=O) groups excluding carboxylic acids is 1. The normalized spacial score (nSPS) is 13.0. The molecule has 0 fully saturated rings. The van der Waals surface area contributed by atoms with Crippen molar-refractivity contribution < 1.29 is 14.3 Å². The molecule has 5 heteroatoms. The highest BCUT2D eigenvalue weighted by Gasteiger charge is 2.24. The van der Waals surface area contributed by atoms with Crippen molar-refractivity contribution in [2.45, 2.75) is 13.3 Å². The summed E-state index contributed by atoms with van der Waals surface area (Å²) in [5, 5.41) is 9.11. The van der Waals surface area contributed by atoms with E-state index in [1.165, 1.54) is 6.26 Å². The summed E-state index contributed by atoms with van der Waals surface area (Å²) in [5.41, 5.74) is 8.28. The highest BCUT2D eigenvalue weighted by molar-refractivity contribution is 5.99. The average molecular weight is 294 g/mol. The van der Waals surface area contributed by atoms with E-state index in [2.05, 4.69) is 5.92 Å². The van der Waals surface area contributed by atoms with E-state index in [0.29, 0.717) is 28.9 Å². The summed E-state index contributed by atoms with van der Waals surface area (Å²) in [7, 11) is 0. The predicted molar refractivity (Wildman–Crippen MR) is 81.9 cm³/mol. The van der Waals surface area contributed by atoms with Gasteiger partial charge in [0.15, 0.2) is 6.61 Å². The van der Waals surface area contributed by atoms with Crippen LogP contribution in [0.25, 0.3) is 5.76 Å². The van der Waals surface area contributed by atoms with Gasteiger partial charge < -0.3 is 15.2 Å². The largest absolute Gasteiger partial charge is 0.464 e. The van der Waals surface area contributed by atoms with E-state index < -0.39 is 5.97 Å². The number of aryl methyl sites for hydroxylation is 1. The van der Waals surface area contributed by atoms with Crippen LogP contribution in [0.2, 0.25) is 0 Å². The lowest BCUT2D eigenvalue weighted by molar-refractivity contribution is -0.137. The molecule has 0 spiro atoms. The quantitative estimate of drug-likeness (QED) is 0.525. The van der Waals surface area contributed by atoms with Gasteiger partial charge in [-0.25, -0.2) is 4.79 Å². The smallest absolute Gasteiger partial charge is 0.339 e. The van der Waals surface area contributed by atoms with Crippen LogP contribution in [0.5, 0.6) is 0 Å². The van der Waals surface area contributed by atoms with Crippen LogP contribution < -0.4 is 5.73 Å². The van der Waals surface area contributed by atoms with Gasteiger partial charge in [0.05, 0.1) is 23.1 Å². The van der Waals surface area contributed by atoms with Crippen molar-refractivity contribution >= 4 is 17.4 Å². The Kier molecular flexibility index (Phi) is 4.50. The summed E-state index contributed by atoms with van der Waals surface area (Å²) < 4.78 is 10.5. The Morgan fingerprint density at radius 2 is 2.32 bits per heavy atom. The van der Waals surface area contributed by atoms with Crippen LogP contribution in [0, 0.1) is 30.6 Å². The molecule has 0 aromatic heterocycles. The fraction of sp³-hybridized carbons (Fsp3) is 0.176. The van der Waals surface area contributed by atoms with Crippen molar-refractivity contribution in [3.05, 3.63) is 46.7 Å². The first-order valence-corrected chi connectivity index (χ1v) is 6.55. The molecule has 1 aromatic carbocycles. The zero-order valence-electron chi connectivity index (χ0n) is 12.1. The minimum atomic E-state index is -0.557. The molecule has 1 aliphatic heterocycles. The molecule has 1 aliphatic rings. The fourth-order valence-electron chi connectivity index (χ4n) is 2.15. The van der Waals surface area contributed by atoms with Gasteiger partial charge >= 0.3 is 5.97 Å². The Morgan fingerprint density at radius 1 is 1.55 bits per heavy atom. The molecule has 0 radical (unpaired) electrons. The number of nitrogens with two attached hydrogens (primary N) is 1. The first-order chi connectivity index (χ1) is 10.6. The number of terminal acetylenes is 1. The number of rotatable bonds is 3. The fourth-order valence-corrected chi connectivity index (χ4v) is 2.15. The number of nitrogens with zero attached hydrogens (tertiary/aromatic N) is 1. The van der Waals surface area contributed by atoms with Crippen molar-refractivity contribution in [1.82, 2.24) is 0 Å². The minimum absolute atomic E-state index is 0.119. The molecule has 22 heavy (non-hydrogen) atoms. The molecule has 0 amide bonds. The van der Waals surface area contributed by atoms with Gasteiger partial charge in [0.1, 0.15) is 11.8 Å². The SMILES string of the molecule is C#CCOC(=O)C1=C(c2c(C)ccc(C#N)c2N)OC=CC1. The lowest BCUT2D eigenvalue weighted by atomic mass is 9.96. The van der Waals surface area contributed by atoms with Crippen LogP contribution in [0.4, 0.5) is 5.69 Å². The third-order valence-electron chi connectivity index (χ3n) is 3.21. The van der Waals surface area contributed by atoms with E-state index in [9.17, 15) is 4.79 Å². The van der Waals surface area contributed by atoms with Crippen LogP contribution >= 0.6 is 0 Å². The molecule has 1 aromatic rings. The number of hydrogen-bond donors (Lipinski definition) is 1. The molecular formula is C17H14N2O3. The number of carbonyl (C=O) groups is 1. The molecule has 0 saturated carbocycles. The topological polar surface area (TPSA) is 85.3 Å². The number of ether oxygens (including phenoxy) is 2. The Labute approximate surface area is 128 Å². The molecule has 5 nitrogen and oxygen atoms in total. The van der Waals surface area contributed by atoms with Gasteiger partial charge in [-0.3, -0.25) is 0 Å². The number of benzene rings is 1. The summed E-state index contributed by atoms with van der Waals surface area (Å²) in [6.45, 7) is 1.71. The molecule has 0 aliphatic carbocycles. The van der Waals surface area contributed by atoms with E-state index in [1.807, 2.05) is 13.0 Å². The molecule has 2 rings (SSSR count). The number of nitrogen functional groups attached to an aromatic ring is 1. The second-order valence-electron chi connectivity index (χ2n) is 4.61. The van der Waals surface area contributed by atoms with Gasteiger partial charge in [0, 0.05) is 12.0 Å². The number of hydrogen-bond acceptors (Lipinski definition) is 5. The van der Waals surface area contributed by atoms with Crippen molar-refractivity contribution in [2.75, 3.05) is 12.3 Å². The third-order valence-corrected chi connectivity index (χ3v) is 3.21. The second-order valence-corrected chi connectivity index (χ2v) is 4.61. The summed E-state index contributed by atoms with van der Waals surface area (Å²) >= 11 is 0. The number of anilines is 1. The van der Waals surface area contributed by atoms with Crippen LogP contribution in [0.1, 0.15) is 23.1 Å². The van der Waals surface area contributed by atoms with Crippen LogP contribution in [-0.4, -0.2) is 12.6 Å². The second kappa shape index (κ2) is 6.51. The Bertz CT molecular complexity index is 761. The zero-order valence-corrected chi connectivity index (χ0v) is 12.1. The molecule has 0 unspecified atom stereocenters. The maximum absolute atomic E-state index is 12.1. The Morgan fingerprint density at radius 3 is 3.00 bits per heavy atom. The number of nitriles is 1. The third kappa shape index (κ3) is 2.79. The van der Waals surface area contributed by atoms with Gasteiger partial charge in [-0.1, -0.05) is 12.0 Å². The highest BCUT2D eigenvalue weighted by atomic mass is 16.5. The highest BCUT2D eigenvalue weighted by Crippen LogP contribution is 2.34. The van der Waals surface area contributed by atoms with Crippen LogP contribution in [-0.2, 0) is 14.3 Å². The lowest BCUT2D eigenvalue weighted by Gasteiger charge is -2.19. The van der Waals surface area contributed by atoms with E-state index in [1.54, 1.807) is 18.2 Å². The average Bonchev–Trinajstić information content (AvgIpc) is 2.53. The van der Waals surface area contributed by atoms with Crippen molar-refractivity contribution in [3.63, 3.8) is 0 Å². The monoisotopic (exact) mass is 294 g/mol. The van der Waals surface area contributed by atoms with E-state index in [4.69, 9.17) is 26.9 Å². The van der Waals surface area contributed by atoms with E-state index in [0.717, 1.165) is 5.56 Å². The lowest BCUT2D eigenvalue weighted by Crippen LogP contribution is -2.14. The van der Waals surface area contributed by atoms with Gasteiger partial charge in [0.2, 0.25) is 0 Å². The van der Waals surface area contributed by atoms with E-state index in [-0.39, 0.29) is 12.3 Å². The molecule has 110 valence electrons. The summed E-state index contributed by atoms with van der Waals surface area (Å²) in [6, 6.07) is 5.40. The van der Waals surface area contributed by atoms with Gasteiger partial charge in [0.25, 0.3) is 0 Å². The van der Waals surface area contributed by atoms with E-state index >= 15 is 0 Å². The first-order valence-electron chi connectivity index (χ1n) is 6.55.